The van der Waals surface area contributed by atoms with E-state index in [1.807, 2.05) is 19.2 Å². The van der Waals surface area contributed by atoms with Crippen molar-refractivity contribution < 1.29 is 0 Å². The normalized spacial score (nSPS) is 13.5. The summed E-state index contributed by atoms with van der Waals surface area (Å²) in [5.41, 5.74) is 2.06. The van der Waals surface area contributed by atoms with Crippen molar-refractivity contribution in [3.05, 3.63) is 24.3 Å². The van der Waals surface area contributed by atoms with Gasteiger partial charge in [-0.05, 0) is 53.3 Å². The fourth-order valence-electron chi connectivity index (χ4n) is 2.43. The maximum absolute atomic E-state index is 6.27. The number of unbranched alkanes of at least 4 members (excludes halogenated alkanes) is 1. The zero-order valence-corrected chi connectivity index (χ0v) is 14.1. The number of fused-ring (bicyclic) bond motifs is 1. The van der Waals surface area contributed by atoms with Crippen LogP contribution in [0.1, 0.15) is 44.8 Å². The second-order valence-corrected chi connectivity index (χ2v) is 6.54. The first kappa shape index (κ1) is 16.2. The summed E-state index contributed by atoms with van der Waals surface area (Å²) in [4.78, 5) is 11.1. The Balaban J connectivity index is 2.05. The van der Waals surface area contributed by atoms with Gasteiger partial charge >= 0.3 is 0 Å². The van der Waals surface area contributed by atoms with Gasteiger partial charge in [0.1, 0.15) is 11.3 Å². The van der Waals surface area contributed by atoms with Crippen LogP contribution in [0.15, 0.2) is 18.5 Å². The molecule has 1 atom stereocenters. The van der Waals surface area contributed by atoms with Gasteiger partial charge in [0.25, 0.3) is 0 Å². The SMILES string of the molecule is CC(Cl)c1nc2cnccc2n1CCCCN(C)C(C)C. The molecule has 2 rings (SSSR count). The molecule has 0 saturated carbocycles. The molecule has 0 aliphatic heterocycles. The zero-order chi connectivity index (χ0) is 15.4. The third-order valence-corrected chi connectivity index (χ3v) is 4.16. The first-order valence-corrected chi connectivity index (χ1v) is 8.08. The number of aryl methyl sites for hydroxylation is 1. The lowest BCUT2D eigenvalue weighted by atomic mass is 10.2. The first-order chi connectivity index (χ1) is 10.0. The molecule has 21 heavy (non-hydrogen) atoms. The highest BCUT2D eigenvalue weighted by molar-refractivity contribution is 6.20. The lowest BCUT2D eigenvalue weighted by molar-refractivity contribution is 0.266. The molecule has 1 unspecified atom stereocenters. The molecule has 116 valence electrons. The fourth-order valence-corrected chi connectivity index (χ4v) is 2.59. The van der Waals surface area contributed by atoms with E-state index in [9.17, 15) is 0 Å². The van der Waals surface area contributed by atoms with Gasteiger partial charge in [0.2, 0.25) is 0 Å². The van der Waals surface area contributed by atoms with Crippen LogP contribution in [0.5, 0.6) is 0 Å². The van der Waals surface area contributed by atoms with Crippen molar-refractivity contribution in [1.82, 2.24) is 19.4 Å². The second kappa shape index (κ2) is 7.23. The van der Waals surface area contributed by atoms with E-state index in [-0.39, 0.29) is 5.38 Å². The molecule has 0 fully saturated rings. The topological polar surface area (TPSA) is 34.0 Å². The Morgan fingerprint density at radius 3 is 2.71 bits per heavy atom. The van der Waals surface area contributed by atoms with E-state index in [0.29, 0.717) is 6.04 Å². The smallest absolute Gasteiger partial charge is 0.127 e. The lowest BCUT2D eigenvalue weighted by Gasteiger charge is -2.20. The zero-order valence-electron chi connectivity index (χ0n) is 13.4. The molecule has 0 amide bonds. The van der Waals surface area contributed by atoms with Crippen LogP contribution in [-0.2, 0) is 6.54 Å². The van der Waals surface area contributed by atoms with Crippen LogP contribution in [0.25, 0.3) is 11.0 Å². The average molecular weight is 309 g/mol. The quantitative estimate of drug-likeness (QED) is 0.575. The minimum absolute atomic E-state index is 0.0873. The molecular formula is C16H25ClN4. The molecule has 0 aliphatic rings. The van der Waals surface area contributed by atoms with Gasteiger partial charge in [0, 0.05) is 18.8 Å². The molecule has 0 N–H and O–H groups in total. The van der Waals surface area contributed by atoms with E-state index in [2.05, 4.69) is 40.3 Å². The monoisotopic (exact) mass is 308 g/mol. The summed E-state index contributed by atoms with van der Waals surface area (Å²) in [5, 5.41) is -0.0873. The first-order valence-electron chi connectivity index (χ1n) is 7.65. The van der Waals surface area contributed by atoms with Gasteiger partial charge in [0.05, 0.1) is 17.1 Å². The van der Waals surface area contributed by atoms with Crippen molar-refractivity contribution in [1.29, 1.82) is 0 Å². The summed E-state index contributed by atoms with van der Waals surface area (Å²) in [5.74, 6) is 0.942. The maximum atomic E-state index is 6.27. The van der Waals surface area contributed by atoms with Crippen LogP contribution >= 0.6 is 11.6 Å². The number of rotatable bonds is 7. The average Bonchev–Trinajstić information content (AvgIpc) is 2.82. The van der Waals surface area contributed by atoms with Crippen molar-refractivity contribution in [3.8, 4) is 0 Å². The molecule has 2 aromatic heterocycles. The summed E-state index contributed by atoms with van der Waals surface area (Å²) in [6, 6.07) is 2.62. The predicted molar refractivity (Wildman–Crippen MR) is 88.8 cm³/mol. The summed E-state index contributed by atoms with van der Waals surface area (Å²) >= 11 is 6.27. The molecule has 0 saturated heterocycles. The number of pyridine rings is 1. The fraction of sp³-hybridized carbons (Fsp3) is 0.625. The van der Waals surface area contributed by atoms with Crippen molar-refractivity contribution >= 4 is 22.6 Å². The third-order valence-electron chi connectivity index (χ3n) is 3.96. The Hall–Kier alpha value is -1.13. The number of imidazole rings is 1. The van der Waals surface area contributed by atoms with E-state index in [1.165, 1.54) is 6.42 Å². The summed E-state index contributed by atoms with van der Waals surface area (Å²) < 4.78 is 2.24. The van der Waals surface area contributed by atoms with Gasteiger partial charge in [-0.2, -0.15) is 0 Å². The van der Waals surface area contributed by atoms with E-state index >= 15 is 0 Å². The number of nitrogens with zero attached hydrogens (tertiary/aromatic N) is 4. The van der Waals surface area contributed by atoms with E-state index in [0.717, 1.165) is 36.4 Å². The molecule has 2 aromatic rings. The summed E-state index contributed by atoms with van der Waals surface area (Å²) in [6.07, 6.45) is 5.92. The second-order valence-electron chi connectivity index (χ2n) is 5.88. The molecule has 0 aromatic carbocycles. The highest BCUT2D eigenvalue weighted by Gasteiger charge is 2.14. The van der Waals surface area contributed by atoms with Crippen LogP contribution in [-0.4, -0.2) is 39.1 Å². The number of halogens is 1. The van der Waals surface area contributed by atoms with E-state index in [1.54, 1.807) is 6.20 Å². The Bertz CT molecular complexity index is 577. The highest BCUT2D eigenvalue weighted by Crippen LogP contribution is 2.24. The number of hydrogen-bond acceptors (Lipinski definition) is 3. The van der Waals surface area contributed by atoms with Crippen LogP contribution in [0.3, 0.4) is 0 Å². The van der Waals surface area contributed by atoms with Crippen LogP contribution in [0, 0.1) is 0 Å². The van der Waals surface area contributed by atoms with Gasteiger partial charge < -0.3 is 9.47 Å². The summed E-state index contributed by atoms with van der Waals surface area (Å²) in [7, 11) is 2.18. The van der Waals surface area contributed by atoms with Crippen molar-refractivity contribution in [3.63, 3.8) is 0 Å². The Morgan fingerprint density at radius 2 is 2.05 bits per heavy atom. The Labute approximate surface area is 132 Å². The van der Waals surface area contributed by atoms with Gasteiger partial charge in [-0.15, -0.1) is 11.6 Å². The maximum Gasteiger partial charge on any atom is 0.127 e. The molecule has 0 spiro atoms. The van der Waals surface area contributed by atoms with Crippen molar-refractivity contribution in [2.24, 2.45) is 0 Å². The molecule has 0 aliphatic carbocycles. The number of aromatic nitrogens is 3. The van der Waals surface area contributed by atoms with Gasteiger partial charge in [-0.25, -0.2) is 4.98 Å². The molecule has 4 nitrogen and oxygen atoms in total. The molecule has 0 radical (unpaired) electrons. The van der Waals surface area contributed by atoms with E-state index in [4.69, 9.17) is 11.6 Å². The molecule has 0 bridgehead atoms. The third kappa shape index (κ3) is 3.95. The highest BCUT2D eigenvalue weighted by atomic mass is 35.5. The Kier molecular flexibility index (Phi) is 5.59. The minimum Gasteiger partial charge on any atom is -0.327 e. The predicted octanol–water partition coefficient (Wildman–Crippen LogP) is 3.85. The minimum atomic E-state index is -0.0873. The van der Waals surface area contributed by atoms with Gasteiger partial charge in [0.15, 0.2) is 0 Å². The van der Waals surface area contributed by atoms with Crippen LogP contribution < -0.4 is 0 Å². The molecule has 2 heterocycles. The van der Waals surface area contributed by atoms with Gasteiger partial charge in [-0.1, -0.05) is 0 Å². The summed E-state index contributed by atoms with van der Waals surface area (Å²) in [6.45, 7) is 8.50. The van der Waals surface area contributed by atoms with Crippen LogP contribution in [0.4, 0.5) is 0 Å². The van der Waals surface area contributed by atoms with E-state index < -0.39 is 0 Å². The largest absolute Gasteiger partial charge is 0.327 e. The molecular weight excluding hydrogens is 284 g/mol. The Morgan fingerprint density at radius 1 is 1.29 bits per heavy atom. The standard InChI is InChI=1S/C16H25ClN4/c1-12(2)20(4)9-5-6-10-21-15-7-8-18-11-14(15)19-16(21)13(3)17/h7-8,11-13H,5-6,9-10H2,1-4H3. The number of alkyl halides is 1. The number of hydrogen-bond donors (Lipinski definition) is 0. The van der Waals surface area contributed by atoms with Crippen LogP contribution in [0.2, 0.25) is 0 Å². The lowest BCUT2D eigenvalue weighted by Crippen LogP contribution is -2.27. The van der Waals surface area contributed by atoms with Gasteiger partial charge in [-0.3, -0.25) is 4.98 Å². The molecule has 5 heteroatoms. The van der Waals surface area contributed by atoms with Crippen molar-refractivity contribution in [2.75, 3.05) is 13.6 Å². The van der Waals surface area contributed by atoms with Crippen molar-refractivity contribution in [2.45, 2.75) is 51.6 Å².